The molecule has 2 saturated carbocycles. The second-order valence-electron chi connectivity index (χ2n) is 12.0. The molecule has 4 unspecified atom stereocenters. The highest BCUT2D eigenvalue weighted by Crippen LogP contribution is 2.46. The minimum Gasteiger partial charge on any atom is -0.365 e. The smallest absolute Gasteiger partial charge is 0.276 e. The molecular formula is C27H36F2N8O3. The van der Waals surface area contributed by atoms with Crippen LogP contribution >= 0.6 is 0 Å². The number of nitrogens with zero attached hydrogens (tertiary/aromatic N) is 6. The van der Waals surface area contributed by atoms with Crippen molar-refractivity contribution in [3.8, 4) is 0 Å². The number of alkyl halides is 2. The maximum absolute atomic E-state index is 14.0. The predicted octanol–water partition coefficient (Wildman–Crippen LogP) is 3.37. The van der Waals surface area contributed by atoms with E-state index < -0.39 is 24.2 Å². The standard InChI is InChI=1S/C27H36F2N8O3/c1-14(2)19-12-36(26(39)32-19)24(17-4-5-17)18-10-21-31-20(13-37(21)30-11-18)23(16-6-8-27(28,29)9-7-16)33-25(38)22-15(3)34-40-35-22/h10-11,13-14,16-17,19,23-24,26,32,39H,4-9,12H2,1-3H3,(H,33,38). The first-order valence-electron chi connectivity index (χ1n) is 14.1. The molecule has 1 amide bonds. The molecule has 3 aromatic rings. The van der Waals surface area contributed by atoms with Crippen molar-refractivity contribution >= 4 is 11.6 Å². The number of imidazole rings is 1. The number of amides is 1. The van der Waals surface area contributed by atoms with Gasteiger partial charge in [0.15, 0.2) is 17.7 Å². The number of aromatic nitrogens is 5. The molecule has 0 radical (unpaired) electrons. The lowest BCUT2D eigenvalue weighted by molar-refractivity contribution is -0.0495. The summed E-state index contributed by atoms with van der Waals surface area (Å²) in [5.74, 6) is -2.61. The van der Waals surface area contributed by atoms with Crippen LogP contribution in [0, 0.1) is 24.7 Å². The van der Waals surface area contributed by atoms with E-state index in [2.05, 4.69) is 49.4 Å². The second-order valence-corrected chi connectivity index (χ2v) is 12.0. The molecule has 4 atom stereocenters. The zero-order valence-corrected chi connectivity index (χ0v) is 22.9. The lowest BCUT2D eigenvalue weighted by Gasteiger charge is -2.33. The number of carbonyl (C=O) groups is 1. The Morgan fingerprint density at radius 2 is 1.95 bits per heavy atom. The Bertz CT molecular complexity index is 1360. The van der Waals surface area contributed by atoms with E-state index in [-0.39, 0.29) is 49.4 Å². The van der Waals surface area contributed by atoms with Crippen LogP contribution in [-0.2, 0) is 0 Å². The van der Waals surface area contributed by atoms with Crippen LogP contribution in [0.15, 0.2) is 23.1 Å². The summed E-state index contributed by atoms with van der Waals surface area (Å²) in [7, 11) is 0. The van der Waals surface area contributed by atoms with Crippen LogP contribution in [-0.4, -0.2) is 65.7 Å². The zero-order chi connectivity index (χ0) is 28.2. The average molecular weight is 559 g/mol. The van der Waals surface area contributed by atoms with Crippen molar-refractivity contribution in [2.24, 2.45) is 17.8 Å². The van der Waals surface area contributed by atoms with Crippen LogP contribution in [0.3, 0.4) is 0 Å². The number of carbonyl (C=O) groups excluding carboxylic acids is 1. The van der Waals surface area contributed by atoms with Gasteiger partial charge in [0.2, 0.25) is 5.92 Å². The topological polar surface area (TPSA) is 134 Å². The first-order chi connectivity index (χ1) is 19.1. The van der Waals surface area contributed by atoms with Gasteiger partial charge in [0.05, 0.1) is 24.1 Å². The van der Waals surface area contributed by atoms with Crippen molar-refractivity contribution in [2.45, 2.75) is 89.7 Å². The summed E-state index contributed by atoms with van der Waals surface area (Å²) in [5, 5.41) is 29.1. The van der Waals surface area contributed by atoms with E-state index in [9.17, 15) is 18.7 Å². The molecule has 3 aromatic heterocycles. The molecule has 4 heterocycles. The van der Waals surface area contributed by atoms with Gasteiger partial charge < -0.3 is 10.4 Å². The largest absolute Gasteiger partial charge is 0.365 e. The minimum atomic E-state index is -2.70. The second kappa shape index (κ2) is 10.4. The summed E-state index contributed by atoms with van der Waals surface area (Å²) >= 11 is 0. The van der Waals surface area contributed by atoms with Gasteiger partial charge >= 0.3 is 0 Å². The number of halogens is 2. The van der Waals surface area contributed by atoms with Crippen LogP contribution in [0.4, 0.5) is 8.78 Å². The average Bonchev–Trinajstić information content (AvgIpc) is 3.30. The van der Waals surface area contributed by atoms with Crippen molar-refractivity contribution in [1.29, 1.82) is 0 Å². The van der Waals surface area contributed by atoms with Gasteiger partial charge in [0.25, 0.3) is 5.91 Å². The van der Waals surface area contributed by atoms with Gasteiger partial charge in [-0.15, -0.1) is 0 Å². The van der Waals surface area contributed by atoms with Crippen molar-refractivity contribution in [3.05, 3.63) is 41.1 Å². The molecule has 0 bridgehead atoms. The summed E-state index contributed by atoms with van der Waals surface area (Å²) in [5.41, 5.74) is 2.52. The molecule has 216 valence electrons. The van der Waals surface area contributed by atoms with Crippen molar-refractivity contribution in [3.63, 3.8) is 0 Å². The van der Waals surface area contributed by atoms with Gasteiger partial charge in [-0.3, -0.25) is 15.0 Å². The van der Waals surface area contributed by atoms with E-state index in [1.807, 2.05) is 12.3 Å². The lowest BCUT2D eigenvalue weighted by Crippen LogP contribution is -2.39. The molecule has 6 rings (SSSR count). The van der Waals surface area contributed by atoms with E-state index in [1.165, 1.54) is 0 Å². The van der Waals surface area contributed by atoms with E-state index in [0.29, 0.717) is 28.9 Å². The molecule has 0 spiro atoms. The Kier molecular flexibility index (Phi) is 7.07. The number of rotatable bonds is 8. The highest BCUT2D eigenvalue weighted by molar-refractivity contribution is 5.93. The molecule has 0 aromatic carbocycles. The van der Waals surface area contributed by atoms with E-state index in [0.717, 1.165) is 24.9 Å². The molecule has 40 heavy (non-hydrogen) atoms. The molecular weight excluding hydrogens is 522 g/mol. The van der Waals surface area contributed by atoms with Crippen LogP contribution in [0.5, 0.6) is 0 Å². The Labute approximate surface area is 230 Å². The molecule has 3 aliphatic rings. The summed E-state index contributed by atoms with van der Waals surface area (Å²) in [6.07, 6.45) is 5.02. The van der Waals surface area contributed by atoms with Gasteiger partial charge in [0, 0.05) is 31.5 Å². The monoisotopic (exact) mass is 558 g/mol. The lowest BCUT2D eigenvalue weighted by atomic mass is 9.81. The van der Waals surface area contributed by atoms with E-state index in [4.69, 9.17) is 4.98 Å². The molecule has 13 heteroatoms. The van der Waals surface area contributed by atoms with Crippen molar-refractivity contribution in [1.82, 2.24) is 40.4 Å². The number of hydrogen-bond acceptors (Lipinski definition) is 9. The number of aliphatic hydroxyl groups excluding tert-OH is 1. The highest BCUT2D eigenvalue weighted by Gasteiger charge is 2.44. The van der Waals surface area contributed by atoms with Crippen molar-refractivity contribution < 1.29 is 23.3 Å². The van der Waals surface area contributed by atoms with Crippen LogP contribution in [0.25, 0.3) is 5.65 Å². The van der Waals surface area contributed by atoms with Crippen LogP contribution in [0.1, 0.15) is 91.9 Å². The fourth-order valence-electron chi connectivity index (χ4n) is 6.18. The van der Waals surface area contributed by atoms with Gasteiger partial charge in [-0.25, -0.2) is 22.9 Å². The number of nitrogens with one attached hydrogen (secondary N) is 2. The number of aryl methyl sites for hydroxylation is 1. The maximum Gasteiger partial charge on any atom is 0.276 e. The van der Waals surface area contributed by atoms with Gasteiger partial charge in [-0.2, -0.15) is 5.10 Å². The molecule has 1 aliphatic heterocycles. The van der Waals surface area contributed by atoms with Crippen LogP contribution < -0.4 is 10.6 Å². The third kappa shape index (κ3) is 5.34. The number of hydrogen-bond donors (Lipinski definition) is 3. The zero-order valence-electron chi connectivity index (χ0n) is 22.9. The summed E-state index contributed by atoms with van der Waals surface area (Å²) in [6.45, 7) is 6.64. The van der Waals surface area contributed by atoms with Crippen LogP contribution in [0.2, 0.25) is 0 Å². The van der Waals surface area contributed by atoms with Gasteiger partial charge in [-0.1, -0.05) is 19.0 Å². The maximum atomic E-state index is 14.0. The van der Waals surface area contributed by atoms with E-state index in [1.54, 1.807) is 17.6 Å². The Morgan fingerprint density at radius 3 is 2.58 bits per heavy atom. The summed E-state index contributed by atoms with van der Waals surface area (Å²) in [4.78, 5) is 20.0. The predicted molar refractivity (Wildman–Crippen MR) is 139 cm³/mol. The SMILES string of the molecule is Cc1nonc1C(=O)NC(c1cn2ncc(C(C3CC3)N3CC(C(C)C)NC3O)cc2n1)C1CCC(F)(F)CC1. The molecule has 1 saturated heterocycles. The molecule has 2 aliphatic carbocycles. The number of aliphatic hydroxyl groups is 1. The minimum absolute atomic E-state index is 0.00242. The molecule has 3 N–H and O–H groups in total. The third-order valence-electron chi connectivity index (χ3n) is 8.72. The van der Waals surface area contributed by atoms with E-state index >= 15 is 0 Å². The fourth-order valence-corrected chi connectivity index (χ4v) is 6.18. The normalized spacial score (nSPS) is 25.5. The molecule has 3 fully saturated rings. The highest BCUT2D eigenvalue weighted by atomic mass is 19.3. The molecule has 11 nitrogen and oxygen atoms in total. The Morgan fingerprint density at radius 1 is 1.20 bits per heavy atom. The summed E-state index contributed by atoms with van der Waals surface area (Å²) < 4.78 is 34.3. The first-order valence-corrected chi connectivity index (χ1v) is 14.1. The van der Waals surface area contributed by atoms with Crippen molar-refractivity contribution in [2.75, 3.05) is 6.54 Å². The first kappa shape index (κ1) is 27.2. The number of fused-ring (bicyclic) bond motifs is 1. The Hall–Kier alpha value is -3.03. The van der Waals surface area contributed by atoms with Gasteiger partial charge in [-0.05, 0) is 67.1 Å². The van der Waals surface area contributed by atoms with Gasteiger partial charge in [0.1, 0.15) is 5.69 Å². The summed E-state index contributed by atoms with van der Waals surface area (Å²) in [6, 6.07) is 1.57. The third-order valence-corrected chi connectivity index (χ3v) is 8.72. The fraction of sp³-hybridized carbons (Fsp3) is 0.667. The quantitative estimate of drug-likeness (QED) is 0.380. The Balaban J connectivity index is 1.30.